The number of rotatable bonds is 4. The Bertz CT molecular complexity index is 645. The molecule has 0 fully saturated rings. The number of ether oxygens (including phenoxy) is 1. The van der Waals surface area contributed by atoms with E-state index in [9.17, 15) is 9.59 Å². The van der Waals surface area contributed by atoms with Crippen LogP contribution in [0.2, 0.25) is 0 Å². The first kappa shape index (κ1) is 12.8. The summed E-state index contributed by atoms with van der Waals surface area (Å²) in [4.78, 5) is 26.0. The first-order valence-electron chi connectivity index (χ1n) is 5.64. The predicted octanol–water partition coefficient (Wildman–Crippen LogP) is 1.28. The van der Waals surface area contributed by atoms with Gasteiger partial charge in [-0.3, -0.25) is 9.78 Å². The third kappa shape index (κ3) is 3.38. The summed E-state index contributed by atoms with van der Waals surface area (Å²) in [7, 11) is 0. The first-order chi connectivity index (χ1) is 9.16. The van der Waals surface area contributed by atoms with Crippen molar-refractivity contribution >= 4 is 28.9 Å². The summed E-state index contributed by atoms with van der Waals surface area (Å²) in [5.74, 6) is -1.31. The SMILES string of the molecule is NC(=O)COC(=O)C=Cc1cccc2cccnc12. The molecule has 96 valence electrons. The van der Waals surface area contributed by atoms with Gasteiger partial charge in [-0.05, 0) is 12.1 Å². The monoisotopic (exact) mass is 256 g/mol. The van der Waals surface area contributed by atoms with Gasteiger partial charge in [0.1, 0.15) is 0 Å². The number of pyridine rings is 1. The zero-order valence-electron chi connectivity index (χ0n) is 10.1. The number of benzene rings is 1. The van der Waals surface area contributed by atoms with Gasteiger partial charge in [0.2, 0.25) is 0 Å². The van der Waals surface area contributed by atoms with Gasteiger partial charge in [0.25, 0.3) is 5.91 Å². The average molecular weight is 256 g/mol. The highest BCUT2D eigenvalue weighted by Crippen LogP contribution is 2.16. The van der Waals surface area contributed by atoms with Gasteiger partial charge >= 0.3 is 5.97 Å². The molecule has 1 aromatic carbocycles. The number of fused-ring (bicyclic) bond motifs is 1. The Morgan fingerprint density at radius 2 is 2.05 bits per heavy atom. The van der Waals surface area contributed by atoms with Crippen LogP contribution >= 0.6 is 0 Å². The molecule has 1 aromatic heterocycles. The second-order valence-electron chi connectivity index (χ2n) is 3.83. The van der Waals surface area contributed by atoms with Crippen molar-refractivity contribution in [2.75, 3.05) is 6.61 Å². The van der Waals surface area contributed by atoms with E-state index in [4.69, 9.17) is 5.73 Å². The standard InChI is InChI=1S/C14H12N2O3/c15-12(17)9-19-13(18)7-6-11-4-1-3-10-5-2-8-16-14(10)11/h1-8H,9H2,(H2,15,17). The van der Waals surface area contributed by atoms with E-state index < -0.39 is 18.5 Å². The Morgan fingerprint density at radius 1 is 1.26 bits per heavy atom. The van der Waals surface area contributed by atoms with Crippen molar-refractivity contribution in [1.29, 1.82) is 0 Å². The number of esters is 1. The Hall–Kier alpha value is -2.69. The van der Waals surface area contributed by atoms with E-state index in [1.807, 2.05) is 30.3 Å². The van der Waals surface area contributed by atoms with Gasteiger partial charge in [-0.15, -0.1) is 0 Å². The fourth-order valence-electron chi connectivity index (χ4n) is 1.61. The van der Waals surface area contributed by atoms with Crippen molar-refractivity contribution in [3.63, 3.8) is 0 Å². The summed E-state index contributed by atoms with van der Waals surface area (Å²) in [6.45, 7) is -0.420. The molecule has 0 aliphatic carbocycles. The zero-order chi connectivity index (χ0) is 13.7. The van der Waals surface area contributed by atoms with E-state index in [0.717, 1.165) is 16.5 Å². The van der Waals surface area contributed by atoms with Crippen molar-refractivity contribution in [3.05, 3.63) is 48.2 Å². The van der Waals surface area contributed by atoms with Gasteiger partial charge in [0.05, 0.1) is 5.52 Å². The lowest BCUT2D eigenvalue weighted by Crippen LogP contribution is -2.19. The summed E-state index contributed by atoms with van der Waals surface area (Å²) < 4.78 is 4.62. The van der Waals surface area contributed by atoms with Crippen LogP contribution < -0.4 is 5.73 Å². The quantitative estimate of drug-likeness (QED) is 0.659. The van der Waals surface area contributed by atoms with E-state index in [0.29, 0.717) is 0 Å². The topological polar surface area (TPSA) is 82.3 Å². The molecular formula is C14H12N2O3. The first-order valence-corrected chi connectivity index (χ1v) is 5.64. The molecule has 0 aliphatic rings. The van der Waals surface area contributed by atoms with Crippen molar-refractivity contribution in [1.82, 2.24) is 4.98 Å². The maximum Gasteiger partial charge on any atom is 0.331 e. The fraction of sp³-hybridized carbons (Fsp3) is 0.0714. The smallest absolute Gasteiger partial charge is 0.331 e. The normalized spacial score (nSPS) is 10.7. The van der Waals surface area contributed by atoms with Gasteiger partial charge in [-0.1, -0.05) is 24.3 Å². The van der Waals surface area contributed by atoms with Crippen LogP contribution in [-0.4, -0.2) is 23.5 Å². The fourth-order valence-corrected chi connectivity index (χ4v) is 1.61. The maximum atomic E-state index is 11.3. The van der Waals surface area contributed by atoms with Crippen LogP contribution in [-0.2, 0) is 14.3 Å². The van der Waals surface area contributed by atoms with Crippen LogP contribution in [0.4, 0.5) is 0 Å². The third-order valence-electron chi connectivity index (χ3n) is 2.42. The number of nitrogens with two attached hydrogens (primary N) is 1. The molecule has 0 aliphatic heterocycles. The number of primary amides is 1. The molecule has 2 rings (SSSR count). The number of amides is 1. The summed E-state index contributed by atoms with van der Waals surface area (Å²) in [5, 5.41) is 0.982. The lowest BCUT2D eigenvalue weighted by molar-refractivity contribution is -0.142. The predicted molar refractivity (Wildman–Crippen MR) is 70.9 cm³/mol. The van der Waals surface area contributed by atoms with Crippen LogP contribution in [0.5, 0.6) is 0 Å². The number of hydrogen-bond donors (Lipinski definition) is 1. The number of para-hydroxylation sites is 1. The minimum atomic E-state index is -0.687. The molecule has 0 radical (unpaired) electrons. The van der Waals surface area contributed by atoms with Crippen molar-refractivity contribution in [3.8, 4) is 0 Å². The maximum absolute atomic E-state index is 11.3. The highest BCUT2D eigenvalue weighted by Gasteiger charge is 2.02. The van der Waals surface area contributed by atoms with Gasteiger partial charge < -0.3 is 10.5 Å². The van der Waals surface area contributed by atoms with E-state index in [-0.39, 0.29) is 0 Å². The van der Waals surface area contributed by atoms with E-state index in [2.05, 4.69) is 9.72 Å². The molecule has 5 heteroatoms. The molecule has 0 unspecified atom stereocenters. The van der Waals surface area contributed by atoms with Crippen LogP contribution in [0.1, 0.15) is 5.56 Å². The van der Waals surface area contributed by atoms with Crippen molar-refractivity contribution < 1.29 is 14.3 Å². The summed E-state index contributed by atoms with van der Waals surface area (Å²) in [6, 6.07) is 9.43. The molecule has 0 saturated heterocycles. The second-order valence-corrected chi connectivity index (χ2v) is 3.83. The number of nitrogens with zero attached hydrogens (tertiary/aromatic N) is 1. The van der Waals surface area contributed by atoms with Gasteiger partial charge in [-0.25, -0.2) is 4.79 Å². The molecule has 2 N–H and O–H groups in total. The molecule has 2 aromatic rings. The van der Waals surface area contributed by atoms with Crippen molar-refractivity contribution in [2.45, 2.75) is 0 Å². The van der Waals surface area contributed by atoms with E-state index in [1.165, 1.54) is 6.08 Å². The summed E-state index contributed by atoms with van der Waals surface area (Å²) >= 11 is 0. The third-order valence-corrected chi connectivity index (χ3v) is 2.42. The Balaban J connectivity index is 2.17. The molecule has 5 nitrogen and oxygen atoms in total. The Kier molecular flexibility index (Phi) is 3.87. The minimum absolute atomic E-state index is 0.420. The Labute approximate surface area is 109 Å². The largest absolute Gasteiger partial charge is 0.452 e. The Morgan fingerprint density at radius 3 is 2.84 bits per heavy atom. The lowest BCUT2D eigenvalue weighted by atomic mass is 10.1. The molecule has 19 heavy (non-hydrogen) atoms. The molecule has 1 amide bonds. The molecule has 0 atom stereocenters. The number of hydrogen-bond acceptors (Lipinski definition) is 4. The molecule has 0 saturated carbocycles. The van der Waals surface area contributed by atoms with E-state index >= 15 is 0 Å². The highest BCUT2D eigenvalue weighted by atomic mass is 16.5. The summed E-state index contributed by atoms with van der Waals surface area (Å²) in [5.41, 5.74) is 6.47. The zero-order valence-corrected chi connectivity index (χ0v) is 10.1. The molecule has 1 heterocycles. The van der Waals surface area contributed by atoms with Gasteiger partial charge in [0, 0.05) is 23.2 Å². The van der Waals surface area contributed by atoms with Crippen LogP contribution in [0.15, 0.2) is 42.6 Å². The average Bonchev–Trinajstić information content (AvgIpc) is 2.42. The summed E-state index contributed by atoms with van der Waals surface area (Å²) in [6.07, 6.45) is 4.52. The van der Waals surface area contributed by atoms with Gasteiger partial charge in [0.15, 0.2) is 6.61 Å². The number of aromatic nitrogens is 1. The molecule has 0 spiro atoms. The number of carbonyl (C=O) groups excluding carboxylic acids is 2. The lowest BCUT2D eigenvalue weighted by Gasteiger charge is -2.00. The van der Waals surface area contributed by atoms with E-state index in [1.54, 1.807) is 12.3 Å². The minimum Gasteiger partial charge on any atom is -0.452 e. The highest BCUT2D eigenvalue weighted by molar-refractivity contribution is 5.93. The van der Waals surface area contributed by atoms with Crippen LogP contribution in [0, 0.1) is 0 Å². The number of carbonyl (C=O) groups is 2. The molecular weight excluding hydrogens is 244 g/mol. The second kappa shape index (κ2) is 5.77. The van der Waals surface area contributed by atoms with Gasteiger partial charge in [-0.2, -0.15) is 0 Å². The van der Waals surface area contributed by atoms with Crippen molar-refractivity contribution in [2.24, 2.45) is 5.73 Å². The van der Waals surface area contributed by atoms with Crippen LogP contribution in [0.25, 0.3) is 17.0 Å². The van der Waals surface area contributed by atoms with Crippen LogP contribution in [0.3, 0.4) is 0 Å². The molecule has 0 bridgehead atoms.